The SMILES string of the molecule is Cc1nn(C)cc1NC(=O)c1cc(Br)cc(Br)c1. The summed E-state index contributed by atoms with van der Waals surface area (Å²) < 4.78 is 3.37. The van der Waals surface area contributed by atoms with Crippen molar-refractivity contribution >= 4 is 43.5 Å². The molecule has 0 aliphatic heterocycles. The quantitative estimate of drug-likeness (QED) is 0.876. The Balaban J connectivity index is 2.24. The molecule has 0 radical (unpaired) electrons. The van der Waals surface area contributed by atoms with E-state index in [1.54, 1.807) is 23.0 Å². The number of hydrogen-bond donors (Lipinski definition) is 1. The van der Waals surface area contributed by atoms with Crippen molar-refractivity contribution in [2.75, 3.05) is 5.32 Å². The smallest absolute Gasteiger partial charge is 0.255 e. The van der Waals surface area contributed by atoms with Gasteiger partial charge in [0.15, 0.2) is 0 Å². The molecule has 0 spiro atoms. The fourth-order valence-corrected chi connectivity index (χ4v) is 2.90. The number of aryl methyl sites for hydroxylation is 2. The van der Waals surface area contributed by atoms with Gasteiger partial charge in [-0.15, -0.1) is 0 Å². The Morgan fingerprint density at radius 3 is 2.39 bits per heavy atom. The molecule has 94 valence electrons. The molecule has 0 unspecified atom stereocenters. The number of rotatable bonds is 2. The van der Waals surface area contributed by atoms with Gasteiger partial charge in [0, 0.05) is 27.8 Å². The summed E-state index contributed by atoms with van der Waals surface area (Å²) in [6.45, 7) is 1.85. The van der Waals surface area contributed by atoms with Crippen LogP contribution in [0.15, 0.2) is 33.3 Å². The first-order valence-corrected chi connectivity index (χ1v) is 6.82. The molecule has 1 aromatic carbocycles. The minimum absolute atomic E-state index is 0.159. The van der Waals surface area contributed by atoms with E-state index in [2.05, 4.69) is 42.3 Å². The van der Waals surface area contributed by atoms with Gasteiger partial charge >= 0.3 is 0 Å². The average molecular weight is 373 g/mol. The van der Waals surface area contributed by atoms with Crippen molar-refractivity contribution in [2.24, 2.45) is 7.05 Å². The minimum Gasteiger partial charge on any atom is -0.319 e. The first kappa shape index (κ1) is 13.3. The Morgan fingerprint density at radius 2 is 1.89 bits per heavy atom. The highest BCUT2D eigenvalue weighted by Gasteiger charge is 2.11. The van der Waals surface area contributed by atoms with E-state index in [1.165, 1.54) is 0 Å². The van der Waals surface area contributed by atoms with Gasteiger partial charge in [0.05, 0.1) is 11.4 Å². The zero-order valence-corrected chi connectivity index (χ0v) is 13.0. The summed E-state index contributed by atoms with van der Waals surface area (Å²) >= 11 is 6.72. The molecule has 0 aliphatic carbocycles. The molecule has 18 heavy (non-hydrogen) atoms. The molecule has 4 nitrogen and oxygen atoms in total. The Bertz CT molecular complexity index is 587. The van der Waals surface area contributed by atoms with Crippen molar-refractivity contribution in [1.82, 2.24) is 9.78 Å². The lowest BCUT2D eigenvalue weighted by atomic mass is 10.2. The van der Waals surface area contributed by atoms with Gasteiger partial charge < -0.3 is 5.32 Å². The van der Waals surface area contributed by atoms with Crippen molar-refractivity contribution < 1.29 is 4.79 Å². The second-order valence-electron chi connectivity index (χ2n) is 3.91. The summed E-state index contributed by atoms with van der Waals surface area (Å²) in [6, 6.07) is 5.42. The molecule has 2 aromatic rings. The van der Waals surface area contributed by atoms with Crippen LogP contribution in [0.5, 0.6) is 0 Å². The number of benzene rings is 1. The third-order valence-corrected chi connectivity index (χ3v) is 3.30. The Morgan fingerprint density at radius 1 is 1.28 bits per heavy atom. The molecule has 0 saturated heterocycles. The molecule has 6 heteroatoms. The van der Waals surface area contributed by atoms with E-state index in [9.17, 15) is 4.79 Å². The molecular weight excluding hydrogens is 362 g/mol. The van der Waals surface area contributed by atoms with Gasteiger partial charge in [0.2, 0.25) is 0 Å². The average Bonchev–Trinajstić information content (AvgIpc) is 2.56. The van der Waals surface area contributed by atoms with Crippen LogP contribution in [0, 0.1) is 6.92 Å². The van der Waals surface area contributed by atoms with Crippen LogP contribution in [0.3, 0.4) is 0 Å². The largest absolute Gasteiger partial charge is 0.319 e. The molecule has 0 atom stereocenters. The molecule has 2 rings (SSSR count). The Kier molecular flexibility index (Phi) is 3.87. The lowest BCUT2D eigenvalue weighted by molar-refractivity contribution is 0.102. The van der Waals surface area contributed by atoms with Crippen molar-refractivity contribution in [2.45, 2.75) is 6.92 Å². The Labute approximate surface area is 122 Å². The van der Waals surface area contributed by atoms with E-state index < -0.39 is 0 Å². The molecule has 0 saturated carbocycles. The first-order chi connectivity index (χ1) is 8.45. The number of aromatic nitrogens is 2. The number of nitrogens with zero attached hydrogens (tertiary/aromatic N) is 2. The number of hydrogen-bond acceptors (Lipinski definition) is 2. The van der Waals surface area contributed by atoms with E-state index in [4.69, 9.17) is 0 Å². The van der Waals surface area contributed by atoms with Gasteiger partial charge in [-0.05, 0) is 25.1 Å². The number of halogens is 2. The summed E-state index contributed by atoms with van der Waals surface area (Å²) in [7, 11) is 1.82. The third-order valence-electron chi connectivity index (χ3n) is 2.39. The van der Waals surface area contributed by atoms with Gasteiger partial charge in [-0.2, -0.15) is 5.10 Å². The number of carbonyl (C=O) groups is 1. The normalized spacial score (nSPS) is 10.4. The summed E-state index contributed by atoms with van der Waals surface area (Å²) in [6.07, 6.45) is 1.78. The van der Waals surface area contributed by atoms with E-state index in [1.807, 2.05) is 20.0 Å². The standard InChI is InChI=1S/C12H11Br2N3O/c1-7-11(6-17(2)16-7)15-12(18)8-3-9(13)5-10(14)4-8/h3-6H,1-2H3,(H,15,18). The molecule has 0 bridgehead atoms. The Hall–Kier alpha value is -1.14. The summed E-state index contributed by atoms with van der Waals surface area (Å²) in [5.74, 6) is -0.159. The maximum atomic E-state index is 12.1. The lowest BCUT2D eigenvalue weighted by Gasteiger charge is -2.05. The monoisotopic (exact) mass is 371 g/mol. The van der Waals surface area contributed by atoms with Gasteiger partial charge in [0.1, 0.15) is 0 Å². The van der Waals surface area contributed by atoms with E-state index >= 15 is 0 Å². The van der Waals surface area contributed by atoms with Crippen molar-refractivity contribution in [3.05, 3.63) is 44.6 Å². The van der Waals surface area contributed by atoms with Crippen LogP contribution in [0.1, 0.15) is 16.1 Å². The van der Waals surface area contributed by atoms with Crippen molar-refractivity contribution in [1.29, 1.82) is 0 Å². The second-order valence-corrected chi connectivity index (χ2v) is 5.75. The van der Waals surface area contributed by atoms with Crippen LogP contribution in [0.2, 0.25) is 0 Å². The van der Waals surface area contributed by atoms with Crippen LogP contribution in [0.4, 0.5) is 5.69 Å². The van der Waals surface area contributed by atoms with Gasteiger partial charge in [-0.25, -0.2) is 0 Å². The maximum Gasteiger partial charge on any atom is 0.255 e. The minimum atomic E-state index is -0.159. The van der Waals surface area contributed by atoms with Crippen LogP contribution in [0.25, 0.3) is 0 Å². The summed E-state index contributed by atoms with van der Waals surface area (Å²) in [5.41, 5.74) is 2.10. The second kappa shape index (κ2) is 5.24. The lowest BCUT2D eigenvalue weighted by Crippen LogP contribution is -2.12. The molecule has 1 amide bonds. The van der Waals surface area contributed by atoms with Crippen molar-refractivity contribution in [3.8, 4) is 0 Å². The molecule has 1 heterocycles. The predicted molar refractivity (Wildman–Crippen MR) is 77.7 cm³/mol. The zero-order chi connectivity index (χ0) is 13.3. The fraction of sp³-hybridized carbons (Fsp3) is 0.167. The molecule has 1 N–H and O–H groups in total. The van der Waals surface area contributed by atoms with E-state index in [0.29, 0.717) is 5.56 Å². The predicted octanol–water partition coefficient (Wildman–Crippen LogP) is 3.51. The number of carbonyl (C=O) groups excluding carboxylic acids is 1. The highest BCUT2D eigenvalue weighted by Crippen LogP contribution is 2.21. The fourth-order valence-electron chi connectivity index (χ4n) is 1.60. The van der Waals surface area contributed by atoms with Crippen molar-refractivity contribution in [3.63, 3.8) is 0 Å². The van der Waals surface area contributed by atoms with E-state index in [0.717, 1.165) is 20.3 Å². The first-order valence-electron chi connectivity index (χ1n) is 5.23. The topological polar surface area (TPSA) is 46.9 Å². The molecule has 1 aromatic heterocycles. The number of amides is 1. The summed E-state index contributed by atoms with van der Waals surface area (Å²) in [5, 5.41) is 7.01. The van der Waals surface area contributed by atoms with Crippen LogP contribution < -0.4 is 5.32 Å². The maximum absolute atomic E-state index is 12.1. The zero-order valence-electron chi connectivity index (χ0n) is 9.87. The van der Waals surface area contributed by atoms with Gasteiger partial charge in [-0.3, -0.25) is 9.48 Å². The van der Waals surface area contributed by atoms with Gasteiger partial charge in [0.25, 0.3) is 5.91 Å². The number of nitrogens with one attached hydrogen (secondary N) is 1. The molecule has 0 aliphatic rings. The molecular formula is C12H11Br2N3O. The van der Waals surface area contributed by atoms with Crippen LogP contribution >= 0.6 is 31.9 Å². The van der Waals surface area contributed by atoms with E-state index in [-0.39, 0.29) is 5.91 Å². The van der Waals surface area contributed by atoms with Crippen LogP contribution in [-0.4, -0.2) is 15.7 Å². The summed E-state index contributed by atoms with van der Waals surface area (Å²) in [4.78, 5) is 12.1. The third kappa shape index (κ3) is 3.00. The molecule has 0 fully saturated rings. The number of anilines is 1. The highest BCUT2D eigenvalue weighted by atomic mass is 79.9. The van der Waals surface area contributed by atoms with Gasteiger partial charge in [-0.1, -0.05) is 31.9 Å². The highest BCUT2D eigenvalue weighted by molar-refractivity contribution is 9.11. The van der Waals surface area contributed by atoms with Crippen LogP contribution in [-0.2, 0) is 7.05 Å².